The Morgan fingerprint density at radius 1 is 1.00 bits per heavy atom. The number of rotatable bonds is 7. The SMILES string of the molecule is CCc1ccc(NC(=O)CCC(=O)N/N=C/c2ccc(I)cc2)cc1. The number of aryl methyl sites for hydroxylation is 1. The fraction of sp³-hybridized carbons (Fsp3) is 0.211. The number of hydrogen-bond acceptors (Lipinski definition) is 3. The number of nitrogens with one attached hydrogen (secondary N) is 2. The average molecular weight is 449 g/mol. The van der Waals surface area contributed by atoms with Gasteiger partial charge in [0.1, 0.15) is 0 Å². The molecule has 0 heterocycles. The fourth-order valence-corrected chi connectivity index (χ4v) is 2.42. The monoisotopic (exact) mass is 449 g/mol. The van der Waals surface area contributed by atoms with Gasteiger partial charge in [0.25, 0.3) is 0 Å². The van der Waals surface area contributed by atoms with Gasteiger partial charge in [0, 0.05) is 22.1 Å². The zero-order valence-electron chi connectivity index (χ0n) is 14.0. The van der Waals surface area contributed by atoms with E-state index in [0.717, 1.165) is 21.2 Å². The van der Waals surface area contributed by atoms with Crippen molar-refractivity contribution in [3.05, 3.63) is 63.2 Å². The van der Waals surface area contributed by atoms with Gasteiger partial charge >= 0.3 is 0 Å². The third-order valence-electron chi connectivity index (χ3n) is 3.50. The molecule has 0 radical (unpaired) electrons. The fourth-order valence-electron chi connectivity index (χ4n) is 2.06. The predicted molar refractivity (Wildman–Crippen MR) is 109 cm³/mol. The minimum Gasteiger partial charge on any atom is -0.326 e. The number of hydrogen-bond donors (Lipinski definition) is 2. The maximum absolute atomic E-state index is 11.9. The zero-order chi connectivity index (χ0) is 18.1. The smallest absolute Gasteiger partial charge is 0.240 e. The first-order valence-electron chi connectivity index (χ1n) is 8.03. The molecule has 2 rings (SSSR count). The summed E-state index contributed by atoms with van der Waals surface area (Å²) in [5.74, 6) is -0.487. The summed E-state index contributed by atoms with van der Waals surface area (Å²) in [6.45, 7) is 2.08. The lowest BCUT2D eigenvalue weighted by Gasteiger charge is -2.05. The summed E-state index contributed by atoms with van der Waals surface area (Å²) in [6, 6.07) is 15.4. The van der Waals surface area contributed by atoms with Crippen molar-refractivity contribution < 1.29 is 9.59 Å². The molecule has 0 aromatic heterocycles. The van der Waals surface area contributed by atoms with Gasteiger partial charge in [-0.1, -0.05) is 31.2 Å². The average Bonchev–Trinajstić information content (AvgIpc) is 2.62. The van der Waals surface area contributed by atoms with Crippen LogP contribution in [0.1, 0.15) is 30.9 Å². The highest BCUT2D eigenvalue weighted by Gasteiger charge is 2.06. The summed E-state index contributed by atoms with van der Waals surface area (Å²) < 4.78 is 1.13. The molecule has 0 saturated heterocycles. The topological polar surface area (TPSA) is 70.6 Å². The predicted octanol–water partition coefficient (Wildman–Crippen LogP) is 3.72. The lowest BCUT2D eigenvalue weighted by molar-refractivity contribution is -0.124. The molecule has 130 valence electrons. The Morgan fingerprint density at radius 3 is 2.28 bits per heavy atom. The molecule has 2 aromatic carbocycles. The van der Waals surface area contributed by atoms with Gasteiger partial charge in [0.05, 0.1) is 6.21 Å². The highest BCUT2D eigenvalue weighted by atomic mass is 127. The molecule has 0 aliphatic rings. The van der Waals surface area contributed by atoms with Crippen LogP contribution in [0.3, 0.4) is 0 Å². The van der Waals surface area contributed by atoms with E-state index < -0.39 is 0 Å². The first-order chi connectivity index (χ1) is 12.1. The van der Waals surface area contributed by atoms with Gasteiger partial charge in [-0.15, -0.1) is 0 Å². The van der Waals surface area contributed by atoms with Crippen LogP contribution in [-0.2, 0) is 16.0 Å². The third kappa shape index (κ3) is 7.04. The lowest BCUT2D eigenvalue weighted by atomic mass is 10.1. The summed E-state index contributed by atoms with van der Waals surface area (Å²) in [6.07, 6.45) is 2.73. The van der Waals surface area contributed by atoms with Gasteiger partial charge in [-0.3, -0.25) is 9.59 Å². The molecular weight excluding hydrogens is 429 g/mol. The molecule has 0 fully saturated rings. The first kappa shape index (κ1) is 19.1. The van der Waals surface area contributed by atoms with E-state index in [-0.39, 0.29) is 24.7 Å². The second-order valence-electron chi connectivity index (χ2n) is 5.44. The van der Waals surface area contributed by atoms with Crippen LogP contribution in [0.2, 0.25) is 0 Å². The van der Waals surface area contributed by atoms with E-state index >= 15 is 0 Å². The van der Waals surface area contributed by atoms with Crippen molar-refractivity contribution in [3.63, 3.8) is 0 Å². The standard InChI is InChI=1S/C19H20IN3O2/c1-2-14-5-9-17(10-6-14)22-18(24)11-12-19(25)23-21-13-15-3-7-16(20)8-4-15/h3-10,13H,2,11-12H2,1H3,(H,22,24)(H,23,25)/b21-13+. The van der Waals surface area contributed by atoms with Crippen molar-refractivity contribution in [1.29, 1.82) is 0 Å². The van der Waals surface area contributed by atoms with Gasteiger partial charge in [0.2, 0.25) is 11.8 Å². The molecule has 5 nitrogen and oxygen atoms in total. The summed E-state index contributed by atoms with van der Waals surface area (Å²) >= 11 is 2.22. The maximum atomic E-state index is 11.9. The van der Waals surface area contributed by atoms with E-state index in [4.69, 9.17) is 0 Å². The summed E-state index contributed by atoms with van der Waals surface area (Å²) in [5.41, 5.74) is 5.27. The van der Waals surface area contributed by atoms with Crippen molar-refractivity contribution in [3.8, 4) is 0 Å². The summed E-state index contributed by atoms with van der Waals surface area (Å²) in [5, 5.41) is 6.67. The van der Waals surface area contributed by atoms with Gasteiger partial charge in [0.15, 0.2) is 0 Å². The van der Waals surface area contributed by atoms with Crippen molar-refractivity contribution in [1.82, 2.24) is 5.43 Å². The molecule has 0 aliphatic carbocycles. The molecule has 0 bridgehead atoms. The van der Waals surface area contributed by atoms with E-state index in [9.17, 15) is 9.59 Å². The Morgan fingerprint density at radius 2 is 1.64 bits per heavy atom. The van der Waals surface area contributed by atoms with Crippen molar-refractivity contribution in [2.75, 3.05) is 5.32 Å². The Bertz CT molecular complexity index is 740. The third-order valence-corrected chi connectivity index (χ3v) is 4.22. The van der Waals surface area contributed by atoms with E-state index in [0.29, 0.717) is 0 Å². The number of hydrazone groups is 1. The number of carbonyl (C=O) groups excluding carboxylic acids is 2. The highest BCUT2D eigenvalue weighted by molar-refractivity contribution is 14.1. The van der Waals surface area contributed by atoms with Crippen LogP contribution in [-0.4, -0.2) is 18.0 Å². The van der Waals surface area contributed by atoms with E-state index in [1.807, 2.05) is 48.5 Å². The number of benzene rings is 2. The number of amides is 2. The molecule has 2 aromatic rings. The molecular formula is C19H20IN3O2. The Balaban J connectivity index is 1.71. The molecule has 2 amide bonds. The number of anilines is 1. The maximum Gasteiger partial charge on any atom is 0.240 e. The normalized spacial score (nSPS) is 10.6. The number of halogens is 1. The second kappa shape index (κ2) is 9.93. The number of nitrogens with zero attached hydrogens (tertiary/aromatic N) is 1. The van der Waals surface area contributed by atoms with Gasteiger partial charge < -0.3 is 5.32 Å². The van der Waals surface area contributed by atoms with E-state index in [1.54, 1.807) is 6.21 Å². The van der Waals surface area contributed by atoms with Gasteiger partial charge in [-0.05, 0) is 64.4 Å². The largest absolute Gasteiger partial charge is 0.326 e. The lowest BCUT2D eigenvalue weighted by Crippen LogP contribution is -2.20. The van der Waals surface area contributed by atoms with Crippen LogP contribution in [0.25, 0.3) is 0 Å². The van der Waals surface area contributed by atoms with Gasteiger partial charge in [-0.2, -0.15) is 5.10 Å². The van der Waals surface area contributed by atoms with Gasteiger partial charge in [-0.25, -0.2) is 5.43 Å². The highest BCUT2D eigenvalue weighted by Crippen LogP contribution is 2.10. The molecule has 2 N–H and O–H groups in total. The minimum absolute atomic E-state index is 0.0862. The zero-order valence-corrected chi connectivity index (χ0v) is 16.1. The van der Waals surface area contributed by atoms with Crippen LogP contribution in [0, 0.1) is 3.57 Å². The number of carbonyl (C=O) groups is 2. The summed E-state index contributed by atoms with van der Waals surface area (Å²) in [4.78, 5) is 23.6. The van der Waals surface area contributed by atoms with E-state index in [2.05, 4.69) is 45.4 Å². The van der Waals surface area contributed by atoms with E-state index in [1.165, 1.54) is 5.56 Å². The molecule has 0 atom stereocenters. The van der Waals surface area contributed by atoms with Crippen LogP contribution in [0.4, 0.5) is 5.69 Å². The molecule has 0 saturated carbocycles. The first-order valence-corrected chi connectivity index (χ1v) is 9.11. The molecule has 0 unspecified atom stereocenters. The molecule has 6 heteroatoms. The molecule has 0 aliphatic heterocycles. The minimum atomic E-state index is -0.293. The summed E-state index contributed by atoms with van der Waals surface area (Å²) in [7, 11) is 0. The molecule has 0 spiro atoms. The Hall–Kier alpha value is -2.22. The Labute approximate surface area is 161 Å². The van der Waals surface area contributed by atoms with Crippen LogP contribution < -0.4 is 10.7 Å². The van der Waals surface area contributed by atoms with Crippen LogP contribution in [0.5, 0.6) is 0 Å². The molecule has 25 heavy (non-hydrogen) atoms. The van der Waals surface area contributed by atoms with Crippen molar-refractivity contribution in [2.45, 2.75) is 26.2 Å². The quantitative estimate of drug-likeness (QED) is 0.384. The van der Waals surface area contributed by atoms with Crippen molar-refractivity contribution in [2.24, 2.45) is 5.10 Å². The van der Waals surface area contributed by atoms with Crippen molar-refractivity contribution >= 4 is 46.3 Å². The van der Waals surface area contributed by atoms with Crippen LogP contribution >= 0.6 is 22.6 Å². The van der Waals surface area contributed by atoms with Crippen LogP contribution in [0.15, 0.2) is 53.6 Å². The second-order valence-corrected chi connectivity index (χ2v) is 6.69. The Kier molecular flexibility index (Phi) is 7.59.